The molecule has 0 atom stereocenters. The van der Waals surface area contributed by atoms with Crippen LogP contribution in [0.2, 0.25) is 0 Å². The van der Waals surface area contributed by atoms with Crippen LogP contribution in [0, 0.1) is 18.3 Å². The van der Waals surface area contributed by atoms with Crippen LogP contribution in [0.15, 0.2) is 12.1 Å². The minimum absolute atomic E-state index is 0.307. The Hall–Kier alpha value is -1.34. The number of benzene rings is 1. The molecule has 0 spiro atoms. The molecule has 4 heteroatoms. The van der Waals surface area contributed by atoms with Gasteiger partial charge in [-0.1, -0.05) is 15.9 Å². The van der Waals surface area contributed by atoms with E-state index in [1.165, 1.54) is 0 Å². The smallest absolute Gasteiger partial charge is 0.339 e. The molecule has 0 aliphatic heterocycles. The lowest BCUT2D eigenvalue weighted by Gasteiger charge is -2.08. The van der Waals surface area contributed by atoms with Gasteiger partial charge in [0.05, 0.1) is 17.7 Å². The van der Waals surface area contributed by atoms with Crippen molar-refractivity contribution in [2.45, 2.75) is 19.2 Å². The van der Waals surface area contributed by atoms with Gasteiger partial charge in [0.25, 0.3) is 0 Å². The second-order valence-electron chi connectivity index (χ2n) is 3.29. The van der Waals surface area contributed by atoms with E-state index in [-0.39, 0.29) is 0 Å². The fourth-order valence-corrected chi connectivity index (χ4v) is 1.97. The van der Waals surface area contributed by atoms with Crippen molar-refractivity contribution >= 4 is 21.9 Å². The van der Waals surface area contributed by atoms with Crippen LogP contribution in [0.4, 0.5) is 0 Å². The molecular formula is C12H12BrNO2. The standard InChI is InChI=1S/C12H12BrNO2/c1-3-16-12(15)11-5-9(6-13)8(2)4-10(11)7-14/h4-5H,3,6H2,1-2H3. The van der Waals surface area contributed by atoms with E-state index in [9.17, 15) is 4.79 Å². The van der Waals surface area contributed by atoms with Gasteiger partial charge in [-0.3, -0.25) is 0 Å². The summed E-state index contributed by atoms with van der Waals surface area (Å²) < 4.78 is 4.90. The number of esters is 1. The van der Waals surface area contributed by atoms with Gasteiger partial charge in [-0.15, -0.1) is 0 Å². The lowest BCUT2D eigenvalue weighted by molar-refractivity contribution is 0.0526. The second-order valence-corrected chi connectivity index (χ2v) is 3.85. The molecule has 16 heavy (non-hydrogen) atoms. The van der Waals surface area contributed by atoms with Gasteiger partial charge in [-0.05, 0) is 37.1 Å². The normalized spacial score (nSPS) is 9.62. The number of rotatable bonds is 3. The van der Waals surface area contributed by atoms with E-state index in [2.05, 4.69) is 15.9 Å². The number of aryl methyl sites for hydroxylation is 1. The van der Waals surface area contributed by atoms with E-state index < -0.39 is 5.97 Å². The first-order valence-corrected chi connectivity index (χ1v) is 6.02. The first-order valence-electron chi connectivity index (χ1n) is 4.90. The van der Waals surface area contributed by atoms with Crippen molar-refractivity contribution in [2.75, 3.05) is 6.61 Å². The molecule has 0 saturated carbocycles. The van der Waals surface area contributed by atoms with Gasteiger partial charge in [-0.25, -0.2) is 4.79 Å². The molecule has 0 amide bonds. The quantitative estimate of drug-likeness (QED) is 0.632. The lowest BCUT2D eigenvalue weighted by atomic mass is 10.0. The molecule has 0 radical (unpaired) electrons. The molecule has 84 valence electrons. The molecule has 0 fully saturated rings. The molecule has 0 heterocycles. The number of halogens is 1. The number of carbonyl (C=O) groups excluding carboxylic acids is 1. The molecule has 0 aliphatic carbocycles. The minimum atomic E-state index is -0.443. The zero-order chi connectivity index (χ0) is 12.1. The van der Waals surface area contributed by atoms with Crippen LogP contribution in [0.3, 0.4) is 0 Å². The highest BCUT2D eigenvalue weighted by molar-refractivity contribution is 9.08. The molecule has 3 nitrogen and oxygen atoms in total. The first-order chi connectivity index (χ1) is 7.63. The van der Waals surface area contributed by atoms with Crippen molar-refractivity contribution in [2.24, 2.45) is 0 Å². The second kappa shape index (κ2) is 5.66. The van der Waals surface area contributed by atoms with Crippen LogP contribution < -0.4 is 0 Å². The Bertz CT molecular complexity index is 449. The number of carbonyl (C=O) groups is 1. The van der Waals surface area contributed by atoms with Crippen molar-refractivity contribution in [3.8, 4) is 6.07 Å². The summed E-state index contributed by atoms with van der Waals surface area (Å²) in [6.45, 7) is 3.96. The van der Waals surface area contributed by atoms with Crippen LogP contribution in [0.5, 0.6) is 0 Å². The summed E-state index contributed by atoms with van der Waals surface area (Å²) in [5.74, 6) is -0.443. The third-order valence-electron chi connectivity index (χ3n) is 2.24. The summed E-state index contributed by atoms with van der Waals surface area (Å²) in [5, 5.41) is 9.60. The highest BCUT2D eigenvalue weighted by atomic mass is 79.9. The van der Waals surface area contributed by atoms with Crippen molar-refractivity contribution in [1.29, 1.82) is 5.26 Å². The van der Waals surface area contributed by atoms with Crippen molar-refractivity contribution in [1.82, 2.24) is 0 Å². The van der Waals surface area contributed by atoms with Gasteiger partial charge in [0, 0.05) is 5.33 Å². The van der Waals surface area contributed by atoms with Gasteiger partial charge in [0.15, 0.2) is 0 Å². The average Bonchev–Trinajstić information content (AvgIpc) is 2.28. The van der Waals surface area contributed by atoms with E-state index in [0.29, 0.717) is 23.1 Å². The lowest BCUT2D eigenvalue weighted by Crippen LogP contribution is -2.08. The molecule has 1 aromatic carbocycles. The van der Waals surface area contributed by atoms with E-state index in [1.807, 2.05) is 13.0 Å². The molecule has 0 unspecified atom stereocenters. The van der Waals surface area contributed by atoms with E-state index >= 15 is 0 Å². The molecule has 1 rings (SSSR count). The SMILES string of the molecule is CCOC(=O)c1cc(CBr)c(C)cc1C#N. The number of nitriles is 1. The zero-order valence-corrected chi connectivity index (χ0v) is 10.8. The van der Waals surface area contributed by atoms with Gasteiger partial charge in [0.2, 0.25) is 0 Å². The molecule has 1 aromatic rings. The Morgan fingerprint density at radius 3 is 2.75 bits per heavy atom. The van der Waals surface area contributed by atoms with Crippen LogP contribution in [0.25, 0.3) is 0 Å². The van der Waals surface area contributed by atoms with E-state index in [0.717, 1.165) is 11.1 Å². The first kappa shape index (κ1) is 12.7. The largest absolute Gasteiger partial charge is 0.462 e. The minimum Gasteiger partial charge on any atom is -0.462 e. The number of hydrogen-bond donors (Lipinski definition) is 0. The van der Waals surface area contributed by atoms with Gasteiger partial charge >= 0.3 is 5.97 Å². The third kappa shape index (κ3) is 2.61. The molecule has 0 saturated heterocycles. The van der Waals surface area contributed by atoms with Crippen molar-refractivity contribution in [3.05, 3.63) is 34.4 Å². The zero-order valence-electron chi connectivity index (χ0n) is 9.21. The number of ether oxygens (including phenoxy) is 1. The highest BCUT2D eigenvalue weighted by Crippen LogP contribution is 2.19. The Kier molecular flexibility index (Phi) is 4.51. The van der Waals surface area contributed by atoms with Gasteiger partial charge < -0.3 is 4.74 Å². The Morgan fingerprint density at radius 2 is 2.25 bits per heavy atom. The number of hydrogen-bond acceptors (Lipinski definition) is 3. The van der Waals surface area contributed by atoms with Crippen LogP contribution in [-0.2, 0) is 10.1 Å². The van der Waals surface area contributed by atoms with Crippen LogP contribution in [-0.4, -0.2) is 12.6 Å². The number of alkyl halides is 1. The average molecular weight is 282 g/mol. The van der Waals surface area contributed by atoms with Gasteiger partial charge in [0.1, 0.15) is 6.07 Å². The Balaban J connectivity index is 3.26. The summed E-state index contributed by atoms with van der Waals surface area (Å²) in [7, 11) is 0. The maximum Gasteiger partial charge on any atom is 0.339 e. The maximum atomic E-state index is 11.6. The topological polar surface area (TPSA) is 50.1 Å². The van der Waals surface area contributed by atoms with E-state index in [4.69, 9.17) is 10.00 Å². The van der Waals surface area contributed by atoms with Crippen LogP contribution in [0.1, 0.15) is 34.0 Å². The molecule has 0 N–H and O–H groups in total. The van der Waals surface area contributed by atoms with Crippen molar-refractivity contribution in [3.63, 3.8) is 0 Å². The fourth-order valence-electron chi connectivity index (χ4n) is 1.37. The molecule has 0 aliphatic rings. The van der Waals surface area contributed by atoms with Crippen molar-refractivity contribution < 1.29 is 9.53 Å². The monoisotopic (exact) mass is 281 g/mol. The Morgan fingerprint density at radius 1 is 1.56 bits per heavy atom. The Labute approximate surface area is 103 Å². The fraction of sp³-hybridized carbons (Fsp3) is 0.333. The maximum absolute atomic E-state index is 11.6. The summed E-state index contributed by atoms with van der Waals surface area (Å²) >= 11 is 3.34. The summed E-state index contributed by atoms with van der Waals surface area (Å²) in [4.78, 5) is 11.6. The predicted molar refractivity (Wildman–Crippen MR) is 64.5 cm³/mol. The highest BCUT2D eigenvalue weighted by Gasteiger charge is 2.14. The van der Waals surface area contributed by atoms with E-state index in [1.54, 1.807) is 19.1 Å². The summed E-state index contributed by atoms with van der Waals surface area (Å²) in [6, 6.07) is 5.43. The summed E-state index contributed by atoms with van der Waals surface area (Å²) in [5.41, 5.74) is 2.67. The molecule has 0 bridgehead atoms. The summed E-state index contributed by atoms with van der Waals surface area (Å²) in [6.07, 6.45) is 0. The predicted octanol–water partition coefficient (Wildman–Crippen LogP) is 2.94. The molecular weight excluding hydrogens is 270 g/mol. The van der Waals surface area contributed by atoms with Gasteiger partial charge in [-0.2, -0.15) is 5.26 Å². The van der Waals surface area contributed by atoms with Crippen LogP contribution >= 0.6 is 15.9 Å². The number of nitrogens with zero attached hydrogens (tertiary/aromatic N) is 1. The molecule has 0 aromatic heterocycles. The third-order valence-corrected chi connectivity index (χ3v) is 2.84.